The van der Waals surface area contributed by atoms with Gasteiger partial charge in [0.1, 0.15) is 0 Å². The summed E-state index contributed by atoms with van der Waals surface area (Å²) in [6, 6.07) is 0.321. The Bertz CT molecular complexity index is 404. The van der Waals surface area contributed by atoms with Crippen molar-refractivity contribution in [3.63, 3.8) is 0 Å². The van der Waals surface area contributed by atoms with Crippen molar-refractivity contribution in [2.45, 2.75) is 136 Å². The van der Waals surface area contributed by atoms with Gasteiger partial charge < -0.3 is 19.8 Å². The van der Waals surface area contributed by atoms with Crippen LogP contribution in [0.5, 0.6) is 0 Å². The van der Waals surface area contributed by atoms with Crippen LogP contribution in [-0.2, 0) is 14.3 Å². The molecule has 6 nitrogen and oxygen atoms in total. The zero-order valence-corrected chi connectivity index (χ0v) is 21.5. The van der Waals surface area contributed by atoms with E-state index in [2.05, 4.69) is 25.7 Å². The largest absolute Gasteiger partial charge is 0.483 e. The average Bonchev–Trinajstić information content (AvgIpc) is 3.26. The van der Waals surface area contributed by atoms with Gasteiger partial charge in [-0.25, -0.2) is 0 Å². The van der Waals surface area contributed by atoms with E-state index in [1.54, 1.807) is 0 Å². The predicted molar refractivity (Wildman–Crippen MR) is 133 cm³/mol. The molecule has 32 heavy (non-hydrogen) atoms. The molecule has 0 saturated carbocycles. The highest BCUT2D eigenvalue weighted by molar-refractivity contribution is 5.76. The van der Waals surface area contributed by atoms with Crippen LogP contribution < -0.4 is 0 Å². The smallest absolute Gasteiger partial charge is 0.290 e. The first-order valence-corrected chi connectivity index (χ1v) is 13.0. The Morgan fingerprint density at radius 2 is 1.38 bits per heavy atom. The molecule has 1 atom stereocenters. The lowest BCUT2D eigenvalue weighted by atomic mass is 10.0. The number of carbonyl (C=O) groups excluding carboxylic acids is 1. The van der Waals surface area contributed by atoms with E-state index < -0.39 is 0 Å². The summed E-state index contributed by atoms with van der Waals surface area (Å²) in [5.74, 6) is 0.355. The summed E-state index contributed by atoms with van der Waals surface area (Å²) in [5, 5.41) is 13.9. The van der Waals surface area contributed by atoms with E-state index in [4.69, 9.17) is 19.7 Å². The maximum Gasteiger partial charge on any atom is 0.290 e. The standard InChI is InChI=1S/C24H47NO2.CH2O2.CH4O/c1-4-5-6-7-8-9-10-11-12-13-14-15-16-19-24(26)25-20-17-18-23(25)21-27-22(2)3;2-1-3;1-2/h22-23H,4-21H2,1-3H3;1H,(H,2,3);2H,1H3. The molecule has 0 aromatic carbocycles. The molecule has 1 amide bonds. The number of aliphatic hydroxyl groups is 1. The van der Waals surface area contributed by atoms with E-state index >= 15 is 0 Å². The fourth-order valence-electron chi connectivity index (χ4n) is 4.08. The fourth-order valence-corrected chi connectivity index (χ4v) is 4.08. The molecule has 0 radical (unpaired) electrons. The minimum Gasteiger partial charge on any atom is -0.483 e. The van der Waals surface area contributed by atoms with E-state index in [9.17, 15) is 4.79 Å². The summed E-state index contributed by atoms with van der Waals surface area (Å²) in [4.78, 5) is 22.9. The van der Waals surface area contributed by atoms with Crippen molar-refractivity contribution < 1.29 is 24.5 Å². The Labute approximate surface area is 198 Å². The molecule has 2 N–H and O–H groups in total. The second-order valence-corrected chi connectivity index (χ2v) is 8.86. The zero-order chi connectivity index (χ0) is 24.5. The van der Waals surface area contributed by atoms with E-state index in [1.807, 2.05) is 0 Å². The fraction of sp³-hybridized carbons (Fsp3) is 0.923. The first-order chi connectivity index (χ1) is 15.6. The van der Waals surface area contributed by atoms with Gasteiger partial charge in [0, 0.05) is 20.1 Å². The normalized spacial score (nSPS) is 15.1. The summed E-state index contributed by atoms with van der Waals surface area (Å²) in [6.45, 7) is 7.80. The summed E-state index contributed by atoms with van der Waals surface area (Å²) < 4.78 is 5.73. The molecule has 1 fully saturated rings. The van der Waals surface area contributed by atoms with Crippen molar-refractivity contribution in [1.29, 1.82) is 0 Å². The third-order valence-corrected chi connectivity index (χ3v) is 5.81. The number of unbranched alkanes of at least 4 members (excludes halogenated alkanes) is 12. The number of hydrogen-bond donors (Lipinski definition) is 2. The highest BCUT2D eigenvalue weighted by Crippen LogP contribution is 2.20. The molecule has 1 aliphatic rings. The number of ether oxygens (including phenoxy) is 1. The van der Waals surface area contributed by atoms with Crippen molar-refractivity contribution in [3.8, 4) is 0 Å². The Hall–Kier alpha value is -1.14. The first-order valence-electron chi connectivity index (χ1n) is 13.0. The van der Waals surface area contributed by atoms with Gasteiger partial charge in [-0.2, -0.15) is 0 Å². The minimum absolute atomic E-state index is 0.250. The van der Waals surface area contributed by atoms with Gasteiger partial charge in [-0.1, -0.05) is 84.0 Å². The maximum absolute atomic E-state index is 12.5. The number of nitrogens with zero attached hydrogens (tertiary/aromatic N) is 1. The molecule has 1 unspecified atom stereocenters. The van der Waals surface area contributed by atoms with Crippen LogP contribution in [0, 0.1) is 0 Å². The molecule has 0 aromatic heterocycles. The second kappa shape index (κ2) is 26.1. The molecule has 0 bridgehead atoms. The second-order valence-electron chi connectivity index (χ2n) is 8.86. The van der Waals surface area contributed by atoms with Gasteiger partial charge in [-0.15, -0.1) is 0 Å². The third-order valence-electron chi connectivity index (χ3n) is 5.81. The van der Waals surface area contributed by atoms with E-state index in [0.717, 1.165) is 39.3 Å². The molecule has 6 heteroatoms. The van der Waals surface area contributed by atoms with Crippen LogP contribution in [0.4, 0.5) is 0 Å². The van der Waals surface area contributed by atoms with Gasteiger partial charge in [-0.3, -0.25) is 9.59 Å². The number of likely N-dealkylation sites (tertiary alicyclic amines) is 1. The molecule has 192 valence electrons. The van der Waals surface area contributed by atoms with Crippen LogP contribution in [0.1, 0.15) is 124 Å². The Balaban J connectivity index is 0. The molecule has 1 aliphatic heterocycles. The molecule has 0 spiro atoms. The molecular weight excluding hydrogens is 406 g/mol. The molecule has 1 heterocycles. The van der Waals surface area contributed by atoms with Gasteiger partial charge in [0.25, 0.3) is 6.47 Å². The summed E-state index contributed by atoms with van der Waals surface area (Å²) in [6.07, 6.45) is 20.8. The number of aliphatic hydroxyl groups excluding tert-OH is 1. The average molecular weight is 460 g/mol. The summed E-state index contributed by atoms with van der Waals surface area (Å²) in [7, 11) is 1.00. The van der Waals surface area contributed by atoms with Crippen molar-refractivity contribution in [1.82, 2.24) is 4.90 Å². The highest BCUT2D eigenvalue weighted by atomic mass is 16.5. The maximum atomic E-state index is 12.5. The van der Waals surface area contributed by atoms with E-state index in [0.29, 0.717) is 18.6 Å². The number of carboxylic acid groups (broad SMARTS) is 1. The highest BCUT2D eigenvalue weighted by Gasteiger charge is 2.28. The van der Waals surface area contributed by atoms with Crippen LogP contribution >= 0.6 is 0 Å². The van der Waals surface area contributed by atoms with E-state index in [-0.39, 0.29) is 12.6 Å². The van der Waals surface area contributed by atoms with Crippen molar-refractivity contribution in [2.24, 2.45) is 0 Å². The minimum atomic E-state index is -0.250. The number of carbonyl (C=O) groups is 2. The van der Waals surface area contributed by atoms with Gasteiger partial charge >= 0.3 is 0 Å². The van der Waals surface area contributed by atoms with Crippen LogP contribution in [0.2, 0.25) is 0 Å². The van der Waals surface area contributed by atoms with E-state index in [1.165, 1.54) is 77.0 Å². The van der Waals surface area contributed by atoms with Crippen molar-refractivity contribution in [2.75, 3.05) is 20.3 Å². The molecule has 1 rings (SSSR count). The topological polar surface area (TPSA) is 87.1 Å². The van der Waals surface area contributed by atoms with Crippen LogP contribution in [0.25, 0.3) is 0 Å². The van der Waals surface area contributed by atoms with Crippen molar-refractivity contribution >= 4 is 12.4 Å². The lowest BCUT2D eigenvalue weighted by Crippen LogP contribution is -2.38. The molecule has 0 aliphatic carbocycles. The van der Waals surface area contributed by atoms with Crippen LogP contribution in [0.3, 0.4) is 0 Å². The Kier molecular flexibility index (Phi) is 27.0. The Morgan fingerprint density at radius 3 is 1.81 bits per heavy atom. The van der Waals surface area contributed by atoms with Crippen LogP contribution in [0.15, 0.2) is 0 Å². The lowest BCUT2D eigenvalue weighted by Gasteiger charge is -2.25. The van der Waals surface area contributed by atoms with Gasteiger partial charge in [-0.05, 0) is 33.1 Å². The Morgan fingerprint density at radius 1 is 0.938 bits per heavy atom. The zero-order valence-electron chi connectivity index (χ0n) is 21.5. The van der Waals surface area contributed by atoms with Gasteiger partial charge in [0.15, 0.2) is 0 Å². The van der Waals surface area contributed by atoms with Gasteiger partial charge in [0.2, 0.25) is 5.91 Å². The number of amides is 1. The molecular formula is C26H53NO5. The molecule has 1 saturated heterocycles. The summed E-state index contributed by atoms with van der Waals surface area (Å²) >= 11 is 0. The molecule has 0 aromatic rings. The number of rotatable bonds is 17. The number of hydrogen-bond acceptors (Lipinski definition) is 4. The monoisotopic (exact) mass is 459 g/mol. The quantitative estimate of drug-likeness (QED) is 0.200. The third kappa shape index (κ3) is 20.7. The predicted octanol–water partition coefficient (Wildman–Crippen LogP) is 6.19. The lowest BCUT2D eigenvalue weighted by molar-refractivity contribution is -0.133. The summed E-state index contributed by atoms with van der Waals surface area (Å²) in [5.41, 5.74) is 0. The van der Waals surface area contributed by atoms with Gasteiger partial charge in [0.05, 0.1) is 18.8 Å². The van der Waals surface area contributed by atoms with Crippen molar-refractivity contribution in [3.05, 3.63) is 0 Å². The SMILES string of the molecule is CCCCCCCCCCCCCCCC(=O)N1CCCC1COC(C)C.CO.O=CO. The van der Waals surface area contributed by atoms with Crippen LogP contribution in [-0.4, -0.2) is 59.9 Å². The first kappa shape index (κ1) is 33.0.